The first-order chi connectivity index (χ1) is 8.30. The molecule has 0 aliphatic heterocycles. The predicted molar refractivity (Wildman–Crippen MR) is 73.6 cm³/mol. The van der Waals surface area contributed by atoms with Gasteiger partial charge in [0.25, 0.3) is 10.0 Å². The average molecular weight is 311 g/mol. The Morgan fingerprint density at radius 2 is 2.22 bits per heavy atom. The molecule has 18 heavy (non-hydrogen) atoms. The molecule has 1 aromatic heterocycles. The molecule has 102 valence electrons. The summed E-state index contributed by atoms with van der Waals surface area (Å²) in [6, 6.07) is 1.00. The van der Waals surface area contributed by atoms with Crippen LogP contribution in [-0.2, 0) is 10.0 Å². The number of rotatable bonds is 6. The first-order valence-corrected chi connectivity index (χ1v) is 8.44. The van der Waals surface area contributed by atoms with Gasteiger partial charge in [-0.15, -0.1) is 0 Å². The summed E-state index contributed by atoms with van der Waals surface area (Å²) in [4.78, 5) is 9.94. The maximum absolute atomic E-state index is 12.1. The van der Waals surface area contributed by atoms with Crippen LogP contribution in [0, 0.1) is 10.1 Å². The van der Waals surface area contributed by atoms with Gasteiger partial charge < -0.3 is 5.73 Å². The number of nitrogens with zero attached hydrogens (tertiary/aromatic N) is 2. The molecule has 1 aromatic rings. The van der Waals surface area contributed by atoms with Gasteiger partial charge in [-0.25, -0.2) is 8.42 Å². The van der Waals surface area contributed by atoms with Gasteiger partial charge in [0.1, 0.15) is 4.21 Å². The molecule has 0 aliphatic rings. The third-order valence-electron chi connectivity index (χ3n) is 2.19. The summed E-state index contributed by atoms with van der Waals surface area (Å²) in [7, 11) is -2.25. The SMILES string of the molecule is CSCCN(C)S(=O)(=O)c1cc([N+](=O)[O-])c(N)s1. The van der Waals surface area contributed by atoms with Crippen LogP contribution in [0.1, 0.15) is 0 Å². The number of thioether (sulfide) groups is 1. The lowest BCUT2D eigenvalue weighted by Gasteiger charge is -2.14. The van der Waals surface area contributed by atoms with Crippen LogP contribution in [0.5, 0.6) is 0 Å². The molecule has 1 rings (SSSR count). The van der Waals surface area contributed by atoms with Gasteiger partial charge >= 0.3 is 5.69 Å². The fraction of sp³-hybridized carbons (Fsp3) is 0.500. The zero-order valence-corrected chi connectivity index (χ0v) is 12.3. The van der Waals surface area contributed by atoms with E-state index >= 15 is 0 Å². The first kappa shape index (κ1) is 15.2. The number of thiophene rings is 1. The molecule has 2 N–H and O–H groups in total. The highest BCUT2D eigenvalue weighted by molar-refractivity contribution is 7.98. The van der Waals surface area contributed by atoms with E-state index in [1.807, 2.05) is 6.26 Å². The number of nitro groups is 1. The molecule has 0 unspecified atom stereocenters. The van der Waals surface area contributed by atoms with Gasteiger partial charge in [-0.05, 0) is 6.26 Å². The lowest BCUT2D eigenvalue weighted by molar-refractivity contribution is -0.383. The predicted octanol–water partition coefficient (Wildman–Crippen LogP) is 1.22. The van der Waals surface area contributed by atoms with Gasteiger partial charge in [-0.1, -0.05) is 11.3 Å². The van der Waals surface area contributed by atoms with Crippen LogP contribution in [0.3, 0.4) is 0 Å². The topological polar surface area (TPSA) is 107 Å². The number of sulfonamides is 1. The Kier molecular flexibility index (Phi) is 4.96. The van der Waals surface area contributed by atoms with Crippen molar-refractivity contribution in [2.45, 2.75) is 4.21 Å². The van der Waals surface area contributed by atoms with Crippen LogP contribution < -0.4 is 5.73 Å². The van der Waals surface area contributed by atoms with Crippen molar-refractivity contribution in [3.05, 3.63) is 16.2 Å². The van der Waals surface area contributed by atoms with Gasteiger partial charge in [0.15, 0.2) is 5.00 Å². The third kappa shape index (κ3) is 3.13. The second-order valence-corrected chi connectivity index (χ2v) is 7.73. The highest BCUT2D eigenvalue weighted by Gasteiger charge is 2.27. The summed E-state index contributed by atoms with van der Waals surface area (Å²) in [5, 5.41) is 10.5. The maximum atomic E-state index is 12.1. The smallest absolute Gasteiger partial charge is 0.304 e. The van der Waals surface area contributed by atoms with Crippen LogP contribution in [0.2, 0.25) is 0 Å². The molecule has 0 aromatic carbocycles. The highest BCUT2D eigenvalue weighted by atomic mass is 32.2. The van der Waals surface area contributed by atoms with E-state index in [9.17, 15) is 18.5 Å². The Morgan fingerprint density at radius 1 is 1.61 bits per heavy atom. The minimum atomic E-state index is -3.69. The van der Waals surface area contributed by atoms with E-state index in [0.29, 0.717) is 23.6 Å². The van der Waals surface area contributed by atoms with Crippen molar-refractivity contribution in [2.24, 2.45) is 0 Å². The Hall–Kier alpha value is -0.840. The summed E-state index contributed by atoms with van der Waals surface area (Å²) >= 11 is 2.23. The molecule has 0 aliphatic carbocycles. The van der Waals surface area contributed by atoms with E-state index < -0.39 is 14.9 Å². The summed E-state index contributed by atoms with van der Waals surface area (Å²) in [6.45, 7) is 0.342. The molecule has 10 heteroatoms. The molecule has 0 atom stereocenters. The lowest BCUT2D eigenvalue weighted by Crippen LogP contribution is -2.28. The van der Waals surface area contributed by atoms with Crippen molar-refractivity contribution in [3.63, 3.8) is 0 Å². The number of nitrogens with two attached hydrogens (primary N) is 1. The monoisotopic (exact) mass is 311 g/mol. The van der Waals surface area contributed by atoms with Crippen molar-refractivity contribution in [1.29, 1.82) is 0 Å². The van der Waals surface area contributed by atoms with E-state index in [2.05, 4.69) is 0 Å². The first-order valence-electron chi connectivity index (χ1n) is 4.79. The summed E-state index contributed by atoms with van der Waals surface area (Å²) in [5.41, 5.74) is 5.07. The maximum Gasteiger partial charge on any atom is 0.304 e. The second-order valence-electron chi connectivity index (χ2n) is 3.39. The molecule has 0 bridgehead atoms. The van der Waals surface area contributed by atoms with E-state index in [-0.39, 0.29) is 14.9 Å². The summed E-state index contributed by atoms with van der Waals surface area (Å²) in [6.07, 6.45) is 1.87. The largest absolute Gasteiger partial charge is 0.385 e. The molecule has 0 saturated heterocycles. The summed E-state index contributed by atoms with van der Waals surface area (Å²) in [5.74, 6) is 0.651. The van der Waals surface area contributed by atoms with E-state index in [0.717, 1.165) is 6.07 Å². The lowest BCUT2D eigenvalue weighted by atomic mass is 10.5. The molecular formula is C8H13N3O4S3. The number of nitrogen functional groups attached to an aromatic ring is 1. The number of hydrogen-bond donors (Lipinski definition) is 1. The van der Waals surface area contributed by atoms with Gasteiger partial charge in [-0.2, -0.15) is 16.1 Å². The Balaban J connectivity index is 3.05. The highest BCUT2D eigenvalue weighted by Crippen LogP contribution is 2.35. The van der Waals surface area contributed by atoms with Gasteiger partial charge in [0, 0.05) is 25.4 Å². The van der Waals surface area contributed by atoms with Crippen LogP contribution in [-0.4, -0.2) is 43.2 Å². The van der Waals surface area contributed by atoms with Crippen molar-refractivity contribution in [1.82, 2.24) is 4.31 Å². The van der Waals surface area contributed by atoms with Crippen LogP contribution >= 0.6 is 23.1 Å². The zero-order chi connectivity index (χ0) is 13.9. The van der Waals surface area contributed by atoms with E-state index in [4.69, 9.17) is 5.73 Å². The van der Waals surface area contributed by atoms with Crippen molar-refractivity contribution in [2.75, 3.05) is 31.3 Å². The van der Waals surface area contributed by atoms with Crippen LogP contribution in [0.25, 0.3) is 0 Å². The van der Waals surface area contributed by atoms with Crippen LogP contribution in [0.4, 0.5) is 10.7 Å². The molecule has 0 saturated carbocycles. The number of anilines is 1. The molecule has 0 radical (unpaired) electrons. The average Bonchev–Trinajstić information content (AvgIpc) is 2.68. The Bertz CT molecular complexity index is 540. The zero-order valence-electron chi connectivity index (χ0n) is 9.82. The standard InChI is InChI=1S/C8H13N3O4S3/c1-10(3-4-16-2)18(14,15)7-5-6(11(12)13)8(9)17-7/h5H,3-4,9H2,1-2H3. The molecule has 7 nitrogen and oxygen atoms in total. The minimum absolute atomic E-state index is 0.100. The molecule has 0 spiro atoms. The summed E-state index contributed by atoms with van der Waals surface area (Å²) < 4.78 is 25.2. The van der Waals surface area contributed by atoms with E-state index in [1.165, 1.54) is 23.1 Å². The van der Waals surface area contributed by atoms with E-state index in [1.54, 1.807) is 0 Å². The van der Waals surface area contributed by atoms with Gasteiger partial charge in [0.05, 0.1) is 4.92 Å². The fourth-order valence-electron chi connectivity index (χ4n) is 1.14. The third-order valence-corrected chi connectivity index (χ3v) is 6.04. The van der Waals surface area contributed by atoms with Gasteiger partial charge in [0.2, 0.25) is 0 Å². The van der Waals surface area contributed by atoms with Crippen LogP contribution in [0.15, 0.2) is 10.3 Å². The molecular weight excluding hydrogens is 298 g/mol. The second kappa shape index (κ2) is 5.87. The minimum Gasteiger partial charge on any atom is -0.385 e. The number of hydrogen-bond acceptors (Lipinski definition) is 7. The van der Waals surface area contributed by atoms with Crippen molar-refractivity contribution < 1.29 is 13.3 Å². The molecule has 1 heterocycles. The van der Waals surface area contributed by atoms with Crippen molar-refractivity contribution >= 4 is 43.8 Å². The molecule has 0 amide bonds. The normalized spacial score (nSPS) is 11.9. The molecule has 0 fully saturated rings. The quantitative estimate of drug-likeness (QED) is 0.625. The Morgan fingerprint density at radius 3 is 2.67 bits per heavy atom. The van der Waals surface area contributed by atoms with Gasteiger partial charge in [-0.3, -0.25) is 10.1 Å². The van der Waals surface area contributed by atoms with Crippen molar-refractivity contribution in [3.8, 4) is 0 Å². The fourth-order valence-corrected chi connectivity index (χ4v) is 4.31. The Labute approximate surface area is 113 Å².